The highest BCUT2D eigenvalue weighted by Gasteiger charge is 2.45. The molecule has 1 saturated heterocycles. The van der Waals surface area contributed by atoms with Crippen LogP contribution in [-0.2, 0) is 9.59 Å². The number of likely N-dealkylation sites (tertiary alicyclic amines) is 1. The molecule has 1 amide bonds. The number of aliphatic hydroxyl groups is 1. The Morgan fingerprint density at radius 2 is 1.79 bits per heavy atom. The van der Waals surface area contributed by atoms with Gasteiger partial charge in [-0.15, -0.1) is 0 Å². The fraction of sp³-hybridized carbons (Fsp3) is 0.273. The Morgan fingerprint density at radius 3 is 2.39 bits per heavy atom. The molecule has 1 aliphatic rings. The molecule has 2 aromatic rings. The SMILES string of the molecule is Cc1ccc(/C(O)=C2/C(=O)C(=O)N(CCN(C)C)C2c2cccc(O)c2)cc1. The standard InChI is InChI=1S/C22H24N2O4/c1-14-7-9-15(10-8-14)20(26)18-19(16-5-4-6-17(25)13-16)24(12-11-23(2)3)22(28)21(18)27/h4-10,13,19,25-26H,11-12H2,1-3H3/b20-18-. The predicted octanol–water partition coefficient (Wildman–Crippen LogP) is 2.68. The van der Waals surface area contributed by atoms with Crippen LogP contribution in [0.4, 0.5) is 0 Å². The summed E-state index contributed by atoms with van der Waals surface area (Å²) in [6.45, 7) is 2.81. The summed E-state index contributed by atoms with van der Waals surface area (Å²) in [5, 5.41) is 20.8. The number of Topliss-reactive ketones (excluding diaryl/α,β-unsaturated/α-hetero) is 1. The van der Waals surface area contributed by atoms with Crippen molar-refractivity contribution in [3.63, 3.8) is 0 Å². The number of rotatable bonds is 5. The monoisotopic (exact) mass is 380 g/mol. The van der Waals surface area contributed by atoms with E-state index in [2.05, 4.69) is 0 Å². The summed E-state index contributed by atoms with van der Waals surface area (Å²) in [7, 11) is 3.76. The number of ketones is 1. The third-order valence-electron chi connectivity index (χ3n) is 4.84. The number of phenolic OH excluding ortho intramolecular Hbond substituents is 1. The van der Waals surface area contributed by atoms with E-state index >= 15 is 0 Å². The van der Waals surface area contributed by atoms with Gasteiger partial charge in [-0.2, -0.15) is 0 Å². The van der Waals surface area contributed by atoms with Crippen molar-refractivity contribution in [1.29, 1.82) is 0 Å². The third kappa shape index (κ3) is 3.77. The molecule has 0 aromatic heterocycles. The van der Waals surface area contributed by atoms with Crippen molar-refractivity contribution in [3.8, 4) is 5.75 Å². The van der Waals surface area contributed by atoms with Crippen LogP contribution in [0.25, 0.3) is 5.76 Å². The van der Waals surface area contributed by atoms with Crippen LogP contribution in [0.2, 0.25) is 0 Å². The predicted molar refractivity (Wildman–Crippen MR) is 107 cm³/mol. The summed E-state index contributed by atoms with van der Waals surface area (Å²) in [5.74, 6) is -1.54. The molecule has 3 rings (SSSR count). The molecule has 0 radical (unpaired) electrons. The second kappa shape index (κ2) is 7.86. The summed E-state index contributed by atoms with van der Waals surface area (Å²) in [5.41, 5.74) is 2.11. The molecular weight excluding hydrogens is 356 g/mol. The molecule has 6 heteroatoms. The summed E-state index contributed by atoms with van der Waals surface area (Å²) in [6, 6.07) is 12.8. The highest BCUT2D eigenvalue weighted by atomic mass is 16.3. The minimum atomic E-state index is -0.756. The Morgan fingerprint density at radius 1 is 1.11 bits per heavy atom. The summed E-state index contributed by atoms with van der Waals surface area (Å²) < 4.78 is 0. The fourth-order valence-electron chi connectivity index (χ4n) is 3.33. The van der Waals surface area contributed by atoms with Crippen LogP contribution in [-0.4, -0.2) is 58.9 Å². The van der Waals surface area contributed by atoms with E-state index in [1.165, 1.54) is 17.0 Å². The molecule has 1 fully saturated rings. The van der Waals surface area contributed by atoms with Crippen molar-refractivity contribution < 1.29 is 19.8 Å². The highest BCUT2D eigenvalue weighted by molar-refractivity contribution is 6.46. The van der Waals surface area contributed by atoms with Gasteiger partial charge in [0.2, 0.25) is 0 Å². The van der Waals surface area contributed by atoms with Crippen LogP contribution < -0.4 is 0 Å². The van der Waals surface area contributed by atoms with Crippen molar-refractivity contribution >= 4 is 17.4 Å². The molecule has 0 bridgehead atoms. The van der Waals surface area contributed by atoms with Crippen LogP contribution in [0.5, 0.6) is 5.75 Å². The largest absolute Gasteiger partial charge is 0.508 e. The van der Waals surface area contributed by atoms with Gasteiger partial charge in [0.1, 0.15) is 11.5 Å². The first-order chi connectivity index (χ1) is 13.3. The maximum Gasteiger partial charge on any atom is 0.295 e. The van der Waals surface area contributed by atoms with Gasteiger partial charge >= 0.3 is 0 Å². The zero-order valence-electron chi connectivity index (χ0n) is 16.2. The zero-order valence-corrected chi connectivity index (χ0v) is 16.2. The molecule has 0 aliphatic carbocycles. The Labute approximate surface area is 164 Å². The Balaban J connectivity index is 2.14. The van der Waals surface area contributed by atoms with Crippen molar-refractivity contribution in [1.82, 2.24) is 9.80 Å². The number of aryl methyl sites for hydroxylation is 1. The van der Waals surface area contributed by atoms with Crippen molar-refractivity contribution in [2.45, 2.75) is 13.0 Å². The number of hydrogen-bond donors (Lipinski definition) is 2. The number of hydrogen-bond acceptors (Lipinski definition) is 5. The normalized spacial score (nSPS) is 18.9. The molecule has 6 nitrogen and oxygen atoms in total. The van der Waals surface area contributed by atoms with Gasteiger partial charge in [-0.3, -0.25) is 9.59 Å². The smallest absolute Gasteiger partial charge is 0.295 e. The Kier molecular flexibility index (Phi) is 5.51. The van der Waals surface area contributed by atoms with E-state index in [0.29, 0.717) is 24.2 Å². The highest BCUT2D eigenvalue weighted by Crippen LogP contribution is 2.39. The molecule has 2 aromatic carbocycles. The van der Waals surface area contributed by atoms with Crippen molar-refractivity contribution in [2.24, 2.45) is 0 Å². The first-order valence-electron chi connectivity index (χ1n) is 9.08. The second-order valence-electron chi connectivity index (χ2n) is 7.26. The van der Waals surface area contributed by atoms with E-state index in [4.69, 9.17) is 0 Å². The van der Waals surface area contributed by atoms with Gasteiger partial charge in [0, 0.05) is 18.7 Å². The molecule has 2 N–H and O–H groups in total. The van der Waals surface area contributed by atoms with Gasteiger partial charge in [0.15, 0.2) is 0 Å². The van der Waals surface area contributed by atoms with Crippen LogP contribution in [0, 0.1) is 6.92 Å². The topological polar surface area (TPSA) is 81.1 Å². The van der Waals surface area contributed by atoms with Gasteiger partial charge < -0.3 is 20.0 Å². The van der Waals surface area contributed by atoms with Crippen LogP contribution in [0.1, 0.15) is 22.7 Å². The lowest BCUT2D eigenvalue weighted by Gasteiger charge is -2.26. The average molecular weight is 380 g/mol. The Hall–Kier alpha value is -3.12. The van der Waals surface area contributed by atoms with E-state index in [9.17, 15) is 19.8 Å². The number of phenols is 1. The maximum absolute atomic E-state index is 12.8. The molecule has 0 saturated carbocycles. The van der Waals surface area contributed by atoms with Gasteiger partial charge in [-0.25, -0.2) is 0 Å². The third-order valence-corrected chi connectivity index (χ3v) is 4.84. The molecule has 1 aliphatic heterocycles. The summed E-state index contributed by atoms with van der Waals surface area (Å²) >= 11 is 0. The Bertz CT molecular complexity index is 932. The molecule has 1 unspecified atom stereocenters. The fourth-order valence-corrected chi connectivity index (χ4v) is 3.33. The average Bonchev–Trinajstić information content (AvgIpc) is 2.91. The number of carbonyl (C=O) groups excluding carboxylic acids is 2. The van der Waals surface area contributed by atoms with Crippen molar-refractivity contribution in [3.05, 3.63) is 70.8 Å². The first-order valence-corrected chi connectivity index (χ1v) is 9.08. The number of carbonyl (C=O) groups is 2. The van der Waals surface area contributed by atoms with Crippen LogP contribution in [0.15, 0.2) is 54.1 Å². The molecule has 146 valence electrons. The summed E-state index contributed by atoms with van der Waals surface area (Å²) in [4.78, 5) is 28.9. The summed E-state index contributed by atoms with van der Waals surface area (Å²) in [6.07, 6.45) is 0. The quantitative estimate of drug-likeness (QED) is 0.474. The molecule has 28 heavy (non-hydrogen) atoms. The molecule has 0 spiro atoms. The van der Waals surface area contributed by atoms with Gasteiger partial charge in [-0.1, -0.05) is 42.0 Å². The minimum Gasteiger partial charge on any atom is -0.508 e. The molecular formula is C22H24N2O4. The van der Waals surface area contributed by atoms with Gasteiger partial charge in [-0.05, 0) is 38.7 Å². The minimum absolute atomic E-state index is 0.0334. The van der Waals surface area contributed by atoms with E-state index in [-0.39, 0.29) is 17.1 Å². The number of amides is 1. The zero-order chi connectivity index (χ0) is 20.4. The number of nitrogens with zero attached hydrogens (tertiary/aromatic N) is 2. The number of likely N-dealkylation sites (N-methyl/N-ethyl adjacent to an activating group) is 1. The number of aliphatic hydroxyl groups excluding tert-OH is 1. The lowest BCUT2D eigenvalue weighted by molar-refractivity contribution is -0.140. The van der Waals surface area contributed by atoms with E-state index in [1.54, 1.807) is 24.3 Å². The lowest BCUT2D eigenvalue weighted by Crippen LogP contribution is -2.35. The lowest BCUT2D eigenvalue weighted by atomic mass is 9.95. The van der Waals surface area contributed by atoms with Crippen LogP contribution in [0.3, 0.4) is 0 Å². The number of aromatic hydroxyl groups is 1. The van der Waals surface area contributed by atoms with Crippen molar-refractivity contribution in [2.75, 3.05) is 27.2 Å². The maximum atomic E-state index is 12.8. The first kappa shape index (κ1) is 19.6. The molecule has 1 heterocycles. The van der Waals surface area contributed by atoms with Crippen LogP contribution >= 0.6 is 0 Å². The second-order valence-corrected chi connectivity index (χ2v) is 7.26. The number of benzene rings is 2. The van der Waals surface area contributed by atoms with E-state index in [0.717, 1.165) is 5.56 Å². The van der Waals surface area contributed by atoms with E-state index < -0.39 is 17.7 Å². The van der Waals surface area contributed by atoms with Gasteiger partial charge in [0.25, 0.3) is 11.7 Å². The van der Waals surface area contributed by atoms with E-state index in [1.807, 2.05) is 38.1 Å². The van der Waals surface area contributed by atoms with Gasteiger partial charge in [0.05, 0.1) is 11.6 Å². The molecule has 1 atom stereocenters.